The minimum Gasteiger partial charge on any atom is -0.463 e. The van der Waals surface area contributed by atoms with Crippen LogP contribution in [0.3, 0.4) is 0 Å². The van der Waals surface area contributed by atoms with Gasteiger partial charge >= 0.3 is 12.1 Å². The normalized spacial score (nSPS) is 11.8. The van der Waals surface area contributed by atoms with Gasteiger partial charge in [0, 0.05) is 11.1 Å². The van der Waals surface area contributed by atoms with Crippen molar-refractivity contribution >= 4 is 17.5 Å². The van der Waals surface area contributed by atoms with E-state index in [4.69, 9.17) is 4.84 Å². The molecule has 8 heteroatoms. The van der Waals surface area contributed by atoms with Gasteiger partial charge in [0.25, 0.3) is 5.78 Å². The number of nitrogens with zero attached hydrogens (tertiary/aromatic N) is 1. The average Bonchev–Trinajstić information content (AvgIpc) is 2.64. The Balaban J connectivity index is 2.29. The van der Waals surface area contributed by atoms with E-state index in [1.54, 1.807) is 12.1 Å². The summed E-state index contributed by atoms with van der Waals surface area (Å²) in [7, 11) is 1.08. The van der Waals surface area contributed by atoms with Crippen molar-refractivity contribution in [3.63, 3.8) is 0 Å². The van der Waals surface area contributed by atoms with Crippen LogP contribution in [0, 0.1) is 0 Å². The molecule has 0 aliphatic heterocycles. The van der Waals surface area contributed by atoms with E-state index in [2.05, 4.69) is 9.89 Å². The zero-order valence-electron chi connectivity index (χ0n) is 13.8. The van der Waals surface area contributed by atoms with E-state index in [0.717, 1.165) is 19.2 Å². The summed E-state index contributed by atoms with van der Waals surface area (Å²) in [6, 6.07) is 10.3. The third-order valence-corrected chi connectivity index (χ3v) is 3.38. The van der Waals surface area contributed by atoms with E-state index in [0.29, 0.717) is 5.56 Å². The maximum Gasteiger partial charge on any atom is 0.416 e. The number of Topliss-reactive ketones (excluding diaryl/α,β-unsaturated/α-hetero) is 1. The summed E-state index contributed by atoms with van der Waals surface area (Å²) in [6.45, 7) is 1.50. The number of hydrogen-bond acceptors (Lipinski definition) is 5. The minimum absolute atomic E-state index is 0.0493. The molecule has 0 fully saturated rings. The molecule has 0 amide bonds. The first-order chi connectivity index (χ1) is 12.2. The molecule has 0 spiro atoms. The van der Waals surface area contributed by atoms with Crippen molar-refractivity contribution in [3.05, 3.63) is 65.2 Å². The number of carbonyl (C=O) groups is 2. The lowest BCUT2D eigenvalue weighted by atomic mass is 10.0. The Labute approximate surface area is 147 Å². The second kappa shape index (κ2) is 7.81. The van der Waals surface area contributed by atoms with Crippen LogP contribution in [-0.4, -0.2) is 24.6 Å². The minimum atomic E-state index is -4.50. The van der Waals surface area contributed by atoms with Gasteiger partial charge in [-0.25, -0.2) is 4.79 Å². The van der Waals surface area contributed by atoms with E-state index in [-0.39, 0.29) is 17.0 Å². The van der Waals surface area contributed by atoms with Crippen molar-refractivity contribution in [1.82, 2.24) is 0 Å². The van der Waals surface area contributed by atoms with Crippen LogP contribution in [0.4, 0.5) is 13.2 Å². The van der Waals surface area contributed by atoms with Crippen molar-refractivity contribution in [2.45, 2.75) is 13.1 Å². The molecule has 136 valence electrons. The monoisotopic (exact) mass is 365 g/mol. The smallest absolute Gasteiger partial charge is 0.416 e. The molecule has 0 aliphatic rings. The lowest BCUT2D eigenvalue weighted by molar-refractivity contribution is -0.137. The Bertz CT molecular complexity index is 860. The maximum absolute atomic E-state index is 12.7. The second-order valence-electron chi connectivity index (χ2n) is 5.16. The Morgan fingerprint density at radius 1 is 1.00 bits per heavy atom. The van der Waals surface area contributed by atoms with Crippen molar-refractivity contribution in [2.24, 2.45) is 5.16 Å². The number of esters is 1. The van der Waals surface area contributed by atoms with Crippen LogP contribution in [0.2, 0.25) is 0 Å². The van der Waals surface area contributed by atoms with Crippen LogP contribution in [-0.2, 0) is 15.7 Å². The highest BCUT2D eigenvalue weighted by molar-refractivity contribution is 6.42. The van der Waals surface area contributed by atoms with Crippen LogP contribution < -0.4 is 4.84 Å². The van der Waals surface area contributed by atoms with Gasteiger partial charge < -0.3 is 9.57 Å². The van der Waals surface area contributed by atoms with Gasteiger partial charge in [0.05, 0.1) is 18.4 Å². The van der Waals surface area contributed by atoms with E-state index in [1.165, 1.54) is 31.2 Å². The Morgan fingerprint density at radius 2 is 1.65 bits per heavy atom. The molecule has 0 N–H and O–H groups in total. The lowest BCUT2D eigenvalue weighted by Crippen LogP contribution is -2.18. The van der Waals surface area contributed by atoms with Gasteiger partial charge in [-0.2, -0.15) is 13.2 Å². The van der Waals surface area contributed by atoms with Gasteiger partial charge in [0.1, 0.15) is 0 Å². The van der Waals surface area contributed by atoms with Gasteiger partial charge in [-0.15, -0.1) is 0 Å². The van der Waals surface area contributed by atoms with E-state index in [9.17, 15) is 22.8 Å². The Kier molecular flexibility index (Phi) is 5.76. The van der Waals surface area contributed by atoms with Crippen molar-refractivity contribution in [1.29, 1.82) is 0 Å². The molecular weight excluding hydrogens is 351 g/mol. The quantitative estimate of drug-likeness (QED) is 0.265. The Morgan fingerprint density at radius 3 is 2.27 bits per heavy atom. The first-order valence-electron chi connectivity index (χ1n) is 7.35. The SMILES string of the molecule is COC(=O)C(=O)c1ccccc1/C(C)=N/Oc1cccc(C(F)(F)F)c1. The molecule has 2 aromatic carbocycles. The molecule has 2 rings (SSSR count). The molecule has 0 saturated heterocycles. The highest BCUT2D eigenvalue weighted by atomic mass is 19.4. The maximum atomic E-state index is 12.7. The number of ketones is 1. The number of hydrogen-bond donors (Lipinski definition) is 0. The van der Waals surface area contributed by atoms with Gasteiger partial charge in [0.15, 0.2) is 5.75 Å². The Hall–Kier alpha value is -3.16. The molecule has 0 atom stereocenters. The van der Waals surface area contributed by atoms with Crippen LogP contribution in [0.5, 0.6) is 5.75 Å². The second-order valence-corrected chi connectivity index (χ2v) is 5.16. The third kappa shape index (κ3) is 4.47. The summed E-state index contributed by atoms with van der Waals surface area (Å²) in [5.41, 5.74) is -0.317. The number of halogens is 3. The molecule has 0 bridgehead atoms. The first-order valence-corrected chi connectivity index (χ1v) is 7.35. The average molecular weight is 365 g/mol. The molecular formula is C18H14F3NO4. The predicted octanol–water partition coefficient (Wildman–Crippen LogP) is 3.86. The van der Waals surface area contributed by atoms with Crippen molar-refractivity contribution < 1.29 is 32.3 Å². The van der Waals surface area contributed by atoms with Crippen LogP contribution in [0.15, 0.2) is 53.7 Å². The number of alkyl halides is 3. The summed E-state index contributed by atoms with van der Waals surface area (Å²) in [5, 5.41) is 3.76. The van der Waals surface area contributed by atoms with Gasteiger partial charge in [0.2, 0.25) is 0 Å². The van der Waals surface area contributed by atoms with Gasteiger partial charge in [-0.3, -0.25) is 4.79 Å². The molecule has 0 heterocycles. The zero-order chi connectivity index (χ0) is 19.3. The van der Waals surface area contributed by atoms with Gasteiger partial charge in [-0.05, 0) is 25.1 Å². The molecule has 0 radical (unpaired) electrons. The molecule has 0 aliphatic carbocycles. The van der Waals surface area contributed by atoms with Crippen LogP contribution >= 0.6 is 0 Å². The highest BCUT2D eigenvalue weighted by Gasteiger charge is 2.30. The fraction of sp³-hybridized carbons (Fsp3) is 0.167. The van der Waals surface area contributed by atoms with E-state index >= 15 is 0 Å². The largest absolute Gasteiger partial charge is 0.463 e. The summed E-state index contributed by atoms with van der Waals surface area (Å²) >= 11 is 0. The number of rotatable bonds is 5. The molecule has 0 aromatic heterocycles. The molecule has 0 saturated carbocycles. The van der Waals surface area contributed by atoms with Crippen LogP contribution in [0.1, 0.15) is 28.4 Å². The first kappa shape index (κ1) is 19.2. The molecule has 2 aromatic rings. The zero-order valence-corrected chi connectivity index (χ0v) is 13.8. The molecule has 0 unspecified atom stereocenters. The van der Waals surface area contributed by atoms with E-state index < -0.39 is 23.5 Å². The fourth-order valence-corrected chi connectivity index (χ4v) is 2.10. The van der Waals surface area contributed by atoms with Gasteiger partial charge in [-0.1, -0.05) is 35.5 Å². The molecule has 5 nitrogen and oxygen atoms in total. The topological polar surface area (TPSA) is 65.0 Å². The van der Waals surface area contributed by atoms with Crippen LogP contribution in [0.25, 0.3) is 0 Å². The fourth-order valence-electron chi connectivity index (χ4n) is 2.10. The summed E-state index contributed by atoms with van der Waals surface area (Å²) in [4.78, 5) is 28.5. The predicted molar refractivity (Wildman–Crippen MR) is 87.1 cm³/mol. The number of carbonyl (C=O) groups excluding carboxylic acids is 2. The number of oxime groups is 1. The summed E-state index contributed by atoms with van der Waals surface area (Å²) < 4.78 is 42.5. The molecule has 26 heavy (non-hydrogen) atoms. The summed E-state index contributed by atoms with van der Waals surface area (Å²) in [5.74, 6) is -2.02. The number of ether oxygens (including phenoxy) is 1. The number of benzene rings is 2. The van der Waals surface area contributed by atoms with Crippen molar-refractivity contribution in [2.75, 3.05) is 7.11 Å². The lowest BCUT2D eigenvalue weighted by Gasteiger charge is -2.09. The van der Waals surface area contributed by atoms with E-state index in [1.807, 2.05) is 0 Å². The third-order valence-electron chi connectivity index (χ3n) is 3.38. The van der Waals surface area contributed by atoms with Crippen molar-refractivity contribution in [3.8, 4) is 5.75 Å². The highest BCUT2D eigenvalue weighted by Crippen LogP contribution is 2.31. The standard InChI is InChI=1S/C18H14F3NO4/c1-11(14-8-3-4-9-15(14)16(23)17(24)25-2)22-26-13-7-5-6-12(10-13)18(19,20)21/h3-10H,1-2H3/b22-11+. The summed E-state index contributed by atoms with van der Waals surface area (Å²) in [6.07, 6.45) is -4.50. The number of methoxy groups -OCH3 is 1.